The molecule has 0 unspecified atom stereocenters. The number of rotatable bonds is 6. The van der Waals surface area contributed by atoms with E-state index in [2.05, 4.69) is 4.74 Å². The molecule has 0 heterocycles. The number of esters is 1. The molecule has 18 heavy (non-hydrogen) atoms. The highest BCUT2D eigenvalue weighted by atomic mass is 35.5. The molecule has 1 aromatic carbocycles. The summed E-state index contributed by atoms with van der Waals surface area (Å²) < 4.78 is 15.0. The fourth-order valence-electron chi connectivity index (χ4n) is 1.40. The zero-order valence-electron chi connectivity index (χ0n) is 10.4. The molecule has 1 aromatic rings. The second-order valence-corrected chi connectivity index (χ2v) is 3.97. The second-order valence-electron chi connectivity index (χ2n) is 3.57. The Morgan fingerprint density at radius 3 is 2.67 bits per heavy atom. The summed E-state index contributed by atoms with van der Waals surface area (Å²) in [5.41, 5.74) is 6.23. The minimum Gasteiger partial charge on any atom is -0.491 e. The zero-order valence-corrected chi connectivity index (χ0v) is 11.1. The van der Waals surface area contributed by atoms with Crippen LogP contribution in [0.5, 0.6) is 5.75 Å². The lowest BCUT2D eigenvalue weighted by Crippen LogP contribution is -2.09. The van der Waals surface area contributed by atoms with Crippen LogP contribution in [0.4, 0.5) is 5.69 Å². The van der Waals surface area contributed by atoms with E-state index >= 15 is 0 Å². The van der Waals surface area contributed by atoms with Crippen LogP contribution >= 0.6 is 11.6 Å². The van der Waals surface area contributed by atoms with Crippen molar-refractivity contribution in [2.45, 2.75) is 6.42 Å². The summed E-state index contributed by atoms with van der Waals surface area (Å²) in [6.45, 7) is 0.960. The van der Waals surface area contributed by atoms with Gasteiger partial charge in [-0.25, -0.2) is 4.79 Å². The first-order valence-electron chi connectivity index (χ1n) is 5.39. The van der Waals surface area contributed by atoms with Crippen LogP contribution in [0.2, 0.25) is 5.02 Å². The van der Waals surface area contributed by atoms with Gasteiger partial charge in [-0.05, 0) is 12.1 Å². The molecular weight excluding hydrogens is 258 g/mol. The van der Waals surface area contributed by atoms with Gasteiger partial charge in [0.15, 0.2) is 5.75 Å². The van der Waals surface area contributed by atoms with E-state index in [4.69, 9.17) is 26.8 Å². The maximum Gasteiger partial charge on any atom is 0.341 e. The molecule has 2 N–H and O–H groups in total. The SMILES string of the molecule is COCCCOc1c(Cl)cc(N)cc1C(=O)OC. The zero-order chi connectivity index (χ0) is 13.5. The van der Waals surface area contributed by atoms with Crippen molar-refractivity contribution in [3.63, 3.8) is 0 Å². The van der Waals surface area contributed by atoms with Gasteiger partial charge in [0.2, 0.25) is 0 Å². The Morgan fingerprint density at radius 1 is 1.33 bits per heavy atom. The van der Waals surface area contributed by atoms with Crippen LogP contribution in [0, 0.1) is 0 Å². The standard InChI is InChI=1S/C12H16ClNO4/c1-16-4-3-5-18-11-9(12(15)17-2)6-8(14)7-10(11)13/h6-7H,3-5,14H2,1-2H3. The summed E-state index contributed by atoms with van der Waals surface area (Å²) in [7, 11) is 2.89. The second kappa shape index (κ2) is 7.08. The molecule has 0 aromatic heterocycles. The van der Waals surface area contributed by atoms with Gasteiger partial charge in [0.25, 0.3) is 0 Å². The van der Waals surface area contributed by atoms with Gasteiger partial charge >= 0.3 is 5.97 Å². The molecule has 0 radical (unpaired) electrons. The van der Waals surface area contributed by atoms with Gasteiger partial charge < -0.3 is 19.9 Å². The fraction of sp³-hybridized carbons (Fsp3) is 0.417. The van der Waals surface area contributed by atoms with Gasteiger partial charge in [-0.1, -0.05) is 11.6 Å². The van der Waals surface area contributed by atoms with Crippen molar-refractivity contribution in [2.75, 3.05) is 33.2 Å². The lowest BCUT2D eigenvalue weighted by Gasteiger charge is -2.12. The van der Waals surface area contributed by atoms with E-state index in [1.807, 2.05) is 0 Å². The molecule has 0 bridgehead atoms. The summed E-state index contributed by atoms with van der Waals surface area (Å²) in [4.78, 5) is 11.6. The predicted molar refractivity (Wildman–Crippen MR) is 69.2 cm³/mol. The van der Waals surface area contributed by atoms with Gasteiger partial charge in [-0.15, -0.1) is 0 Å². The van der Waals surface area contributed by atoms with Gasteiger partial charge in [0.05, 0.1) is 18.7 Å². The van der Waals surface area contributed by atoms with Crippen molar-refractivity contribution in [3.8, 4) is 5.75 Å². The molecule has 5 nitrogen and oxygen atoms in total. The van der Waals surface area contributed by atoms with Crippen molar-refractivity contribution >= 4 is 23.3 Å². The van der Waals surface area contributed by atoms with E-state index in [0.717, 1.165) is 0 Å². The highest BCUT2D eigenvalue weighted by Crippen LogP contribution is 2.32. The molecule has 1 rings (SSSR count). The molecule has 0 spiro atoms. The van der Waals surface area contributed by atoms with Crippen LogP contribution in [-0.4, -0.2) is 33.4 Å². The number of ether oxygens (including phenoxy) is 3. The third-order valence-electron chi connectivity index (χ3n) is 2.21. The Hall–Kier alpha value is -1.46. The molecule has 0 amide bonds. The van der Waals surface area contributed by atoms with Crippen molar-refractivity contribution in [3.05, 3.63) is 22.7 Å². The summed E-state index contributed by atoms with van der Waals surface area (Å²) in [5.74, 6) is -0.250. The lowest BCUT2D eigenvalue weighted by molar-refractivity contribution is 0.0595. The minimum absolute atomic E-state index is 0.222. The van der Waals surface area contributed by atoms with Crippen LogP contribution < -0.4 is 10.5 Å². The number of hydrogen-bond donors (Lipinski definition) is 1. The smallest absolute Gasteiger partial charge is 0.341 e. The van der Waals surface area contributed by atoms with E-state index in [9.17, 15) is 4.79 Å². The number of nitrogen functional groups attached to an aromatic ring is 1. The Labute approximate surface area is 111 Å². The first-order chi connectivity index (χ1) is 8.60. The third-order valence-corrected chi connectivity index (χ3v) is 2.49. The highest BCUT2D eigenvalue weighted by molar-refractivity contribution is 6.33. The first kappa shape index (κ1) is 14.6. The molecule has 0 aliphatic rings. The maximum atomic E-state index is 11.6. The first-order valence-corrected chi connectivity index (χ1v) is 5.77. The monoisotopic (exact) mass is 273 g/mol. The maximum absolute atomic E-state index is 11.6. The highest BCUT2D eigenvalue weighted by Gasteiger charge is 2.17. The van der Waals surface area contributed by atoms with Crippen LogP contribution in [0.15, 0.2) is 12.1 Å². The largest absolute Gasteiger partial charge is 0.491 e. The average molecular weight is 274 g/mol. The topological polar surface area (TPSA) is 70.8 Å². The van der Waals surface area contributed by atoms with Crippen molar-refractivity contribution in [1.29, 1.82) is 0 Å². The molecule has 6 heteroatoms. The van der Waals surface area contributed by atoms with E-state index in [-0.39, 0.29) is 16.3 Å². The van der Waals surface area contributed by atoms with Gasteiger partial charge in [-0.3, -0.25) is 0 Å². The Kier molecular flexibility index (Phi) is 5.74. The molecule has 100 valence electrons. The summed E-state index contributed by atoms with van der Waals surface area (Å²) in [6, 6.07) is 3.00. The fourth-order valence-corrected chi connectivity index (χ4v) is 1.68. The van der Waals surface area contributed by atoms with Crippen molar-refractivity contribution < 1.29 is 19.0 Å². The number of nitrogens with two attached hydrogens (primary N) is 1. The Bertz CT molecular complexity index is 423. The quantitative estimate of drug-likeness (QED) is 0.488. The molecule has 0 aliphatic carbocycles. The van der Waals surface area contributed by atoms with Crippen LogP contribution in [0.3, 0.4) is 0 Å². The number of hydrogen-bond acceptors (Lipinski definition) is 5. The molecule has 0 saturated carbocycles. The van der Waals surface area contributed by atoms with Crippen LogP contribution in [0.25, 0.3) is 0 Å². The van der Waals surface area contributed by atoms with E-state index < -0.39 is 5.97 Å². The predicted octanol–water partition coefficient (Wildman–Crippen LogP) is 2.12. The molecule has 0 atom stereocenters. The number of carbonyl (C=O) groups excluding carboxylic acids is 1. The van der Waals surface area contributed by atoms with E-state index in [0.29, 0.717) is 25.3 Å². The van der Waals surface area contributed by atoms with E-state index in [1.165, 1.54) is 19.2 Å². The van der Waals surface area contributed by atoms with Crippen LogP contribution in [0.1, 0.15) is 16.8 Å². The van der Waals surface area contributed by atoms with Crippen molar-refractivity contribution in [2.24, 2.45) is 0 Å². The normalized spacial score (nSPS) is 10.2. The Balaban J connectivity index is 2.90. The lowest BCUT2D eigenvalue weighted by atomic mass is 10.2. The van der Waals surface area contributed by atoms with Crippen molar-refractivity contribution in [1.82, 2.24) is 0 Å². The van der Waals surface area contributed by atoms with Gasteiger partial charge in [0, 0.05) is 25.8 Å². The summed E-state index contributed by atoms with van der Waals surface area (Å²) in [6.07, 6.45) is 0.692. The van der Waals surface area contributed by atoms with Crippen LogP contribution in [-0.2, 0) is 9.47 Å². The summed E-state index contributed by atoms with van der Waals surface area (Å²) >= 11 is 6.00. The molecule has 0 saturated heterocycles. The van der Waals surface area contributed by atoms with E-state index in [1.54, 1.807) is 7.11 Å². The molecular formula is C12H16ClNO4. The van der Waals surface area contributed by atoms with Gasteiger partial charge in [-0.2, -0.15) is 0 Å². The summed E-state index contributed by atoms with van der Waals surface area (Å²) in [5, 5.41) is 0.285. The molecule has 0 fully saturated rings. The molecule has 0 aliphatic heterocycles. The third kappa shape index (κ3) is 3.78. The number of benzene rings is 1. The minimum atomic E-state index is -0.536. The number of anilines is 1. The van der Waals surface area contributed by atoms with Gasteiger partial charge in [0.1, 0.15) is 5.56 Å². The number of halogens is 1. The average Bonchev–Trinajstić information content (AvgIpc) is 2.35. The Morgan fingerprint density at radius 2 is 2.06 bits per heavy atom. The number of carbonyl (C=O) groups is 1. The number of methoxy groups -OCH3 is 2.